The van der Waals surface area contributed by atoms with Crippen molar-refractivity contribution in [3.8, 4) is 0 Å². The summed E-state index contributed by atoms with van der Waals surface area (Å²) < 4.78 is 13.1. The van der Waals surface area contributed by atoms with E-state index in [1.807, 2.05) is 13.1 Å². The maximum absolute atomic E-state index is 13.1. The predicted octanol–water partition coefficient (Wildman–Crippen LogP) is 2.17. The van der Waals surface area contributed by atoms with Crippen LogP contribution in [-0.2, 0) is 0 Å². The number of nitrogens with two attached hydrogens (primary N) is 1. The van der Waals surface area contributed by atoms with Crippen molar-refractivity contribution in [3.63, 3.8) is 0 Å². The van der Waals surface area contributed by atoms with Crippen LogP contribution >= 0.6 is 0 Å². The monoisotopic (exact) mass is 210 g/mol. The van der Waals surface area contributed by atoms with Crippen LogP contribution in [0.25, 0.3) is 0 Å². The molecule has 0 saturated heterocycles. The quantitative estimate of drug-likeness (QED) is 0.825. The fraction of sp³-hybridized carbons (Fsp3) is 0.500. The zero-order valence-electron chi connectivity index (χ0n) is 9.63. The minimum absolute atomic E-state index is 0.154. The lowest BCUT2D eigenvalue weighted by molar-refractivity contribution is 0.588. The second kappa shape index (κ2) is 5.12. The standard InChI is InChI=1S/C12H19FN2/c1-9(7-14)8-15(3)11-4-5-12(13)10(2)6-11/h4-6,9H,7-8,14H2,1-3H3. The first-order valence-electron chi connectivity index (χ1n) is 5.22. The van der Waals surface area contributed by atoms with Crippen LogP contribution in [0.15, 0.2) is 18.2 Å². The molecular formula is C12H19FN2. The topological polar surface area (TPSA) is 29.3 Å². The molecule has 15 heavy (non-hydrogen) atoms. The smallest absolute Gasteiger partial charge is 0.126 e. The van der Waals surface area contributed by atoms with Crippen molar-refractivity contribution in [2.45, 2.75) is 13.8 Å². The van der Waals surface area contributed by atoms with Crippen LogP contribution in [0.3, 0.4) is 0 Å². The fourth-order valence-electron chi connectivity index (χ4n) is 1.51. The molecule has 0 spiro atoms. The summed E-state index contributed by atoms with van der Waals surface area (Å²) >= 11 is 0. The zero-order chi connectivity index (χ0) is 11.4. The fourth-order valence-corrected chi connectivity index (χ4v) is 1.51. The maximum atomic E-state index is 13.1. The molecule has 0 radical (unpaired) electrons. The van der Waals surface area contributed by atoms with Gasteiger partial charge in [-0.1, -0.05) is 6.92 Å². The van der Waals surface area contributed by atoms with Gasteiger partial charge in [-0.05, 0) is 43.1 Å². The first-order valence-corrected chi connectivity index (χ1v) is 5.22. The number of anilines is 1. The van der Waals surface area contributed by atoms with Crippen molar-refractivity contribution < 1.29 is 4.39 Å². The van der Waals surface area contributed by atoms with E-state index < -0.39 is 0 Å². The van der Waals surface area contributed by atoms with Gasteiger partial charge in [0, 0.05) is 19.3 Å². The summed E-state index contributed by atoms with van der Waals surface area (Å²) in [6.45, 7) is 5.44. The third-order valence-electron chi connectivity index (χ3n) is 2.57. The molecular weight excluding hydrogens is 191 g/mol. The molecule has 1 aromatic rings. The van der Waals surface area contributed by atoms with Crippen molar-refractivity contribution in [2.75, 3.05) is 25.0 Å². The number of aryl methyl sites for hydroxylation is 1. The summed E-state index contributed by atoms with van der Waals surface area (Å²) in [6.07, 6.45) is 0. The normalized spacial score (nSPS) is 12.6. The number of halogens is 1. The maximum Gasteiger partial charge on any atom is 0.126 e. The SMILES string of the molecule is Cc1cc(N(C)CC(C)CN)ccc1F. The van der Waals surface area contributed by atoms with E-state index in [9.17, 15) is 4.39 Å². The zero-order valence-corrected chi connectivity index (χ0v) is 9.63. The van der Waals surface area contributed by atoms with E-state index in [2.05, 4.69) is 11.8 Å². The lowest BCUT2D eigenvalue weighted by Crippen LogP contribution is -2.28. The highest BCUT2D eigenvalue weighted by molar-refractivity contribution is 5.48. The summed E-state index contributed by atoms with van der Waals surface area (Å²) in [7, 11) is 2.00. The average Bonchev–Trinajstić information content (AvgIpc) is 2.21. The van der Waals surface area contributed by atoms with Crippen molar-refractivity contribution in [2.24, 2.45) is 11.7 Å². The van der Waals surface area contributed by atoms with E-state index in [0.29, 0.717) is 18.0 Å². The lowest BCUT2D eigenvalue weighted by Gasteiger charge is -2.23. The highest BCUT2D eigenvalue weighted by atomic mass is 19.1. The van der Waals surface area contributed by atoms with E-state index >= 15 is 0 Å². The van der Waals surface area contributed by atoms with Gasteiger partial charge in [0.05, 0.1) is 0 Å². The Balaban J connectivity index is 2.73. The number of hydrogen-bond donors (Lipinski definition) is 1. The number of hydrogen-bond acceptors (Lipinski definition) is 2. The molecule has 0 aliphatic heterocycles. The van der Waals surface area contributed by atoms with Gasteiger partial charge < -0.3 is 10.6 Å². The molecule has 1 atom stereocenters. The van der Waals surface area contributed by atoms with E-state index in [1.54, 1.807) is 13.0 Å². The van der Waals surface area contributed by atoms with Gasteiger partial charge in [0.25, 0.3) is 0 Å². The van der Waals surface area contributed by atoms with Gasteiger partial charge >= 0.3 is 0 Å². The molecule has 0 fully saturated rings. The average molecular weight is 210 g/mol. The lowest BCUT2D eigenvalue weighted by atomic mass is 10.1. The van der Waals surface area contributed by atoms with Crippen molar-refractivity contribution in [1.82, 2.24) is 0 Å². The molecule has 0 aromatic heterocycles. The number of nitrogens with zero attached hydrogens (tertiary/aromatic N) is 1. The molecule has 0 aliphatic rings. The third kappa shape index (κ3) is 3.20. The molecule has 0 heterocycles. The van der Waals surface area contributed by atoms with Crippen LogP contribution in [0, 0.1) is 18.7 Å². The van der Waals surface area contributed by atoms with Gasteiger partial charge in [0.2, 0.25) is 0 Å². The molecule has 1 rings (SSSR count). The molecule has 0 bridgehead atoms. The van der Waals surface area contributed by atoms with Crippen LogP contribution in [0.5, 0.6) is 0 Å². The first-order chi connectivity index (χ1) is 7.04. The van der Waals surface area contributed by atoms with Gasteiger partial charge in [-0.3, -0.25) is 0 Å². The Morgan fingerprint density at radius 2 is 2.13 bits per heavy atom. The molecule has 0 saturated carbocycles. The van der Waals surface area contributed by atoms with Crippen LogP contribution in [0.4, 0.5) is 10.1 Å². The summed E-state index contributed by atoms with van der Waals surface area (Å²) in [5.41, 5.74) is 7.28. The second-order valence-corrected chi connectivity index (χ2v) is 4.15. The Labute approximate surface area is 90.9 Å². The largest absolute Gasteiger partial charge is 0.374 e. The summed E-state index contributed by atoms with van der Waals surface area (Å²) in [5, 5.41) is 0. The molecule has 1 unspecified atom stereocenters. The van der Waals surface area contributed by atoms with Gasteiger partial charge in [0.15, 0.2) is 0 Å². The van der Waals surface area contributed by atoms with E-state index in [1.165, 1.54) is 6.07 Å². The van der Waals surface area contributed by atoms with Gasteiger partial charge in [-0.15, -0.1) is 0 Å². The Bertz CT molecular complexity index is 325. The summed E-state index contributed by atoms with van der Waals surface area (Å²) in [4.78, 5) is 2.10. The van der Waals surface area contributed by atoms with Gasteiger partial charge in [-0.25, -0.2) is 4.39 Å². The second-order valence-electron chi connectivity index (χ2n) is 4.15. The molecule has 2 N–H and O–H groups in total. The molecule has 3 heteroatoms. The highest BCUT2D eigenvalue weighted by Crippen LogP contribution is 2.17. The Kier molecular flexibility index (Phi) is 4.09. The van der Waals surface area contributed by atoms with Crippen molar-refractivity contribution in [1.29, 1.82) is 0 Å². The van der Waals surface area contributed by atoms with E-state index in [4.69, 9.17) is 5.73 Å². The van der Waals surface area contributed by atoms with E-state index in [0.717, 1.165) is 12.2 Å². The van der Waals surface area contributed by atoms with Gasteiger partial charge in [0.1, 0.15) is 5.82 Å². The minimum atomic E-state index is -0.154. The Hall–Kier alpha value is -1.09. The summed E-state index contributed by atoms with van der Waals surface area (Å²) in [6, 6.07) is 5.17. The highest BCUT2D eigenvalue weighted by Gasteiger charge is 2.07. The molecule has 84 valence electrons. The van der Waals surface area contributed by atoms with Crippen LogP contribution in [0.1, 0.15) is 12.5 Å². The molecule has 2 nitrogen and oxygen atoms in total. The molecule has 0 aliphatic carbocycles. The van der Waals surface area contributed by atoms with Crippen LogP contribution in [-0.4, -0.2) is 20.1 Å². The Morgan fingerprint density at radius 1 is 1.47 bits per heavy atom. The number of benzene rings is 1. The minimum Gasteiger partial charge on any atom is -0.374 e. The third-order valence-corrected chi connectivity index (χ3v) is 2.57. The summed E-state index contributed by atoms with van der Waals surface area (Å²) in [5.74, 6) is 0.291. The van der Waals surface area contributed by atoms with Crippen LogP contribution in [0.2, 0.25) is 0 Å². The molecule has 0 amide bonds. The van der Waals surface area contributed by atoms with Gasteiger partial charge in [-0.2, -0.15) is 0 Å². The van der Waals surface area contributed by atoms with Crippen LogP contribution < -0.4 is 10.6 Å². The van der Waals surface area contributed by atoms with Crippen molar-refractivity contribution >= 4 is 5.69 Å². The number of rotatable bonds is 4. The first kappa shape index (κ1) is 12.0. The predicted molar refractivity (Wildman–Crippen MR) is 62.6 cm³/mol. The molecule has 1 aromatic carbocycles. The van der Waals surface area contributed by atoms with E-state index in [-0.39, 0.29) is 5.82 Å². The van der Waals surface area contributed by atoms with Crippen molar-refractivity contribution in [3.05, 3.63) is 29.6 Å². The Morgan fingerprint density at radius 3 is 2.67 bits per heavy atom.